The zero-order valence-corrected chi connectivity index (χ0v) is 15.2. The molecule has 27 heavy (non-hydrogen) atoms. The molecule has 134 valence electrons. The Kier molecular flexibility index (Phi) is 4.50. The summed E-state index contributed by atoms with van der Waals surface area (Å²) in [5, 5.41) is 5.21. The van der Waals surface area contributed by atoms with Gasteiger partial charge in [-0.15, -0.1) is 0 Å². The molecular formula is C22H15ClF2N2. The van der Waals surface area contributed by atoms with Crippen molar-refractivity contribution in [2.45, 2.75) is 6.92 Å². The van der Waals surface area contributed by atoms with Crippen LogP contribution in [-0.2, 0) is 0 Å². The molecule has 0 radical (unpaired) electrons. The average Bonchev–Trinajstić information content (AvgIpc) is 3.08. The fourth-order valence-corrected chi connectivity index (χ4v) is 3.04. The molecule has 0 aliphatic rings. The van der Waals surface area contributed by atoms with Gasteiger partial charge in [0, 0.05) is 22.2 Å². The van der Waals surface area contributed by atoms with Crippen LogP contribution < -0.4 is 0 Å². The maximum atomic E-state index is 14.4. The SMILES string of the molecule is Cc1ccc(-c2cc(-c3ccc(Cl)cc3)nn2-c2ccc(F)cc2F)cc1. The van der Waals surface area contributed by atoms with Crippen molar-refractivity contribution >= 4 is 11.6 Å². The third-order valence-corrected chi connectivity index (χ3v) is 4.59. The number of aryl methyl sites for hydroxylation is 1. The van der Waals surface area contributed by atoms with E-state index in [1.54, 1.807) is 12.1 Å². The molecule has 0 atom stereocenters. The van der Waals surface area contributed by atoms with Crippen LogP contribution in [0.3, 0.4) is 0 Å². The molecule has 4 rings (SSSR count). The lowest BCUT2D eigenvalue weighted by molar-refractivity contribution is 0.574. The number of rotatable bonds is 3. The molecule has 0 saturated heterocycles. The summed E-state index contributed by atoms with van der Waals surface area (Å²) in [4.78, 5) is 0. The van der Waals surface area contributed by atoms with Gasteiger partial charge in [0.05, 0.1) is 11.4 Å². The van der Waals surface area contributed by atoms with Crippen LogP contribution in [0.4, 0.5) is 8.78 Å². The number of aromatic nitrogens is 2. The highest BCUT2D eigenvalue weighted by Crippen LogP contribution is 2.30. The van der Waals surface area contributed by atoms with Gasteiger partial charge in [-0.2, -0.15) is 5.10 Å². The number of benzene rings is 3. The largest absolute Gasteiger partial charge is 0.229 e. The fourth-order valence-electron chi connectivity index (χ4n) is 2.91. The predicted octanol–water partition coefficient (Wildman–Crippen LogP) is 6.45. The molecule has 0 bridgehead atoms. The molecule has 0 amide bonds. The highest BCUT2D eigenvalue weighted by atomic mass is 35.5. The second-order valence-electron chi connectivity index (χ2n) is 6.30. The molecule has 0 fully saturated rings. The quantitative estimate of drug-likeness (QED) is 0.399. The highest BCUT2D eigenvalue weighted by Gasteiger charge is 2.16. The van der Waals surface area contributed by atoms with Gasteiger partial charge in [0.15, 0.2) is 5.82 Å². The zero-order chi connectivity index (χ0) is 19.0. The lowest BCUT2D eigenvalue weighted by Gasteiger charge is -2.09. The second-order valence-corrected chi connectivity index (χ2v) is 6.73. The van der Waals surface area contributed by atoms with Crippen LogP contribution in [0.1, 0.15) is 5.56 Å². The van der Waals surface area contributed by atoms with Crippen molar-refractivity contribution < 1.29 is 8.78 Å². The van der Waals surface area contributed by atoms with E-state index in [9.17, 15) is 8.78 Å². The summed E-state index contributed by atoms with van der Waals surface area (Å²) >= 11 is 5.97. The van der Waals surface area contributed by atoms with Crippen molar-refractivity contribution in [1.29, 1.82) is 0 Å². The van der Waals surface area contributed by atoms with Crippen molar-refractivity contribution in [3.63, 3.8) is 0 Å². The van der Waals surface area contributed by atoms with Crippen LogP contribution in [0, 0.1) is 18.6 Å². The summed E-state index contributed by atoms with van der Waals surface area (Å²) < 4.78 is 29.3. The average molecular weight is 381 g/mol. The summed E-state index contributed by atoms with van der Waals surface area (Å²) in [7, 11) is 0. The second kappa shape index (κ2) is 6.97. The van der Waals surface area contributed by atoms with E-state index in [4.69, 9.17) is 11.6 Å². The van der Waals surface area contributed by atoms with Gasteiger partial charge in [-0.05, 0) is 37.3 Å². The molecule has 0 aliphatic carbocycles. The monoisotopic (exact) mass is 380 g/mol. The van der Waals surface area contributed by atoms with Gasteiger partial charge in [0.2, 0.25) is 0 Å². The first-order chi connectivity index (χ1) is 13.0. The Bertz CT molecular complexity index is 1100. The van der Waals surface area contributed by atoms with Crippen LogP contribution in [-0.4, -0.2) is 9.78 Å². The lowest BCUT2D eigenvalue weighted by Crippen LogP contribution is -2.02. The van der Waals surface area contributed by atoms with Gasteiger partial charge >= 0.3 is 0 Å². The van der Waals surface area contributed by atoms with Crippen molar-refractivity contribution in [3.05, 3.63) is 95.0 Å². The molecular weight excluding hydrogens is 366 g/mol. The molecule has 4 aromatic rings. The van der Waals surface area contributed by atoms with Crippen LogP contribution >= 0.6 is 11.6 Å². The molecule has 0 N–H and O–H groups in total. The van der Waals surface area contributed by atoms with Crippen LogP contribution in [0.25, 0.3) is 28.2 Å². The van der Waals surface area contributed by atoms with E-state index in [1.807, 2.05) is 49.4 Å². The minimum Gasteiger partial charge on any atom is -0.229 e. The van der Waals surface area contributed by atoms with Crippen LogP contribution in [0.2, 0.25) is 5.02 Å². The van der Waals surface area contributed by atoms with Crippen molar-refractivity contribution in [3.8, 4) is 28.2 Å². The highest BCUT2D eigenvalue weighted by molar-refractivity contribution is 6.30. The molecule has 0 unspecified atom stereocenters. The third-order valence-electron chi connectivity index (χ3n) is 4.33. The summed E-state index contributed by atoms with van der Waals surface area (Å²) in [6.07, 6.45) is 0. The molecule has 1 heterocycles. The van der Waals surface area contributed by atoms with E-state index in [0.717, 1.165) is 22.8 Å². The maximum Gasteiger partial charge on any atom is 0.151 e. The minimum atomic E-state index is -0.672. The smallest absolute Gasteiger partial charge is 0.151 e. The number of nitrogens with zero attached hydrogens (tertiary/aromatic N) is 2. The van der Waals surface area contributed by atoms with Crippen molar-refractivity contribution in [1.82, 2.24) is 9.78 Å². The molecule has 0 spiro atoms. The molecule has 0 aliphatic heterocycles. The van der Waals surface area contributed by atoms with Gasteiger partial charge in [0.25, 0.3) is 0 Å². The van der Waals surface area contributed by atoms with E-state index in [1.165, 1.54) is 16.8 Å². The standard InChI is InChI=1S/C22H15ClF2N2/c1-14-2-4-16(5-3-14)22-13-20(15-6-8-17(23)9-7-15)26-27(22)21-11-10-18(24)12-19(21)25/h2-13H,1H3. The number of halogens is 3. The van der Waals surface area contributed by atoms with Gasteiger partial charge in [-0.1, -0.05) is 53.6 Å². The Labute approximate surface area is 160 Å². The summed E-state index contributed by atoms with van der Waals surface area (Å²) in [6, 6.07) is 20.5. The van der Waals surface area contributed by atoms with E-state index in [0.29, 0.717) is 16.4 Å². The normalized spacial score (nSPS) is 11.0. The summed E-state index contributed by atoms with van der Waals surface area (Å²) in [5.41, 5.74) is 4.44. The zero-order valence-electron chi connectivity index (χ0n) is 14.5. The first kappa shape index (κ1) is 17.4. The Balaban J connectivity index is 1.92. The number of hydrogen-bond donors (Lipinski definition) is 0. The minimum absolute atomic E-state index is 0.187. The van der Waals surface area contributed by atoms with Gasteiger partial charge in [-0.3, -0.25) is 0 Å². The first-order valence-electron chi connectivity index (χ1n) is 8.40. The molecule has 1 aromatic heterocycles. The van der Waals surface area contributed by atoms with E-state index in [-0.39, 0.29) is 5.69 Å². The molecule has 5 heteroatoms. The molecule has 3 aromatic carbocycles. The van der Waals surface area contributed by atoms with Gasteiger partial charge < -0.3 is 0 Å². The summed E-state index contributed by atoms with van der Waals surface area (Å²) in [6.45, 7) is 2.00. The van der Waals surface area contributed by atoms with Crippen LogP contribution in [0.5, 0.6) is 0 Å². The number of hydrogen-bond acceptors (Lipinski definition) is 1. The van der Waals surface area contributed by atoms with Gasteiger partial charge in [0.1, 0.15) is 11.5 Å². The van der Waals surface area contributed by atoms with Crippen LogP contribution in [0.15, 0.2) is 72.8 Å². The molecule has 0 saturated carbocycles. The summed E-state index contributed by atoms with van der Waals surface area (Å²) in [5.74, 6) is -1.30. The van der Waals surface area contributed by atoms with Crippen molar-refractivity contribution in [2.24, 2.45) is 0 Å². The lowest BCUT2D eigenvalue weighted by atomic mass is 10.1. The topological polar surface area (TPSA) is 17.8 Å². The Morgan fingerprint density at radius 2 is 1.48 bits per heavy atom. The maximum absolute atomic E-state index is 14.4. The predicted molar refractivity (Wildman–Crippen MR) is 104 cm³/mol. The Morgan fingerprint density at radius 3 is 2.15 bits per heavy atom. The van der Waals surface area contributed by atoms with Gasteiger partial charge in [-0.25, -0.2) is 13.5 Å². The van der Waals surface area contributed by atoms with E-state index in [2.05, 4.69) is 5.10 Å². The van der Waals surface area contributed by atoms with Crippen molar-refractivity contribution in [2.75, 3.05) is 0 Å². The fraction of sp³-hybridized carbons (Fsp3) is 0.0455. The van der Waals surface area contributed by atoms with E-state index < -0.39 is 11.6 Å². The third kappa shape index (κ3) is 3.49. The Morgan fingerprint density at radius 1 is 0.815 bits per heavy atom. The van der Waals surface area contributed by atoms with E-state index >= 15 is 0 Å². The first-order valence-corrected chi connectivity index (χ1v) is 8.77. The molecule has 2 nitrogen and oxygen atoms in total. The Hall–Kier alpha value is -2.98.